The number of anilines is 3. The first kappa shape index (κ1) is 15.8. The van der Waals surface area contributed by atoms with Crippen molar-refractivity contribution in [3.63, 3.8) is 0 Å². The third kappa shape index (κ3) is 3.71. The van der Waals surface area contributed by atoms with Crippen molar-refractivity contribution in [2.45, 2.75) is 36.2 Å². The van der Waals surface area contributed by atoms with Crippen LogP contribution in [-0.4, -0.2) is 29.7 Å². The summed E-state index contributed by atoms with van der Waals surface area (Å²) in [6.45, 7) is 2.03. The van der Waals surface area contributed by atoms with Gasteiger partial charge in [0.1, 0.15) is 12.2 Å². The van der Waals surface area contributed by atoms with Gasteiger partial charge < -0.3 is 15.6 Å². The van der Waals surface area contributed by atoms with Crippen molar-refractivity contribution in [3.8, 4) is 0 Å². The predicted octanol–water partition coefficient (Wildman–Crippen LogP) is 2.98. The molecule has 0 aliphatic heterocycles. The van der Waals surface area contributed by atoms with E-state index in [0.717, 1.165) is 10.8 Å². The summed E-state index contributed by atoms with van der Waals surface area (Å²) in [4.78, 5) is 13.0. The van der Waals surface area contributed by atoms with E-state index >= 15 is 0 Å². The van der Waals surface area contributed by atoms with Crippen molar-refractivity contribution >= 4 is 29.3 Å². The molecule has 9 heteroatoms. The first-order valence-corrected chi connectivity index (χ1v) is 8.96. The zero-order valence-electron chi connectivity index (χ0n) is 13.7. The Bertz CT molecular complexity index is 862. The van der Waals surface area contributed by atoms with Gasteiger partial charge in [-0.15, -0.1) is 10.2 Å². The molecule has 0 spiro atoms. The van der Waals surface area contributed by atoms with Gasteiger partial charge in [0.2, 0.25) is 11.9 Å². The Kier molecular flexibility index (Phi) is 4.22. The van der Waals surface area contributed by atoms with E-state index in [1.165, 1.54) is 12.8 Å². The van der Waals surface area contributed by atoms with Crippen LogP contribution in [0.25, 0.3) is 0 Å². The number of nitrogens with zero attached hydrogens (tertiary/aromatic N) is 6. The maximum Gasteiger partial charge on any atom is 0.232 e. The molecule has 0 amide bonds. The Morgan fingerprint density at radius 1 is 1.20 bits per heavy atom. The van der Waals surface area contributed by atoms with Crippen LogP contribution in [0.5, 0.6) is 0 Å². The Morgan fingerprint density at radius 2 is 2.00 bits per heavy atom. The number of thioether (sulfide) groups is 1. The van der Waals surface area contributed by atoms with E-state index in [9.17, 15) is 0 Å². The Balaban J connectivity index is 1.53. The monoisotopic (exact) mass is 354 g/mol. The topological polar surface area (TPSA) is 107 Å². The Morgan fingerprint density at radius 3 is 2.76 bits per heavy atom. The molecule has 1 fully saturated rings. The van der Waals surface area contributed by atoms with Crippen LogP contribution in [0.1, 0.15) is 36.9 Å². The van der Waals surface area contributed by atoms with Crippen LogP contribution in [-0.2, 0) is 0 Å². The molecule has 1 aliphatic carbocycles. The van der Waals surface area contributed by atoms with Gasteiger partial charge in [-0.1, -0.05) is 30.0 Å². The molecule has 0 radical (unpaired) electrons. The molecule has 25 heavy (non-hydrogen) atoms. The van der Waals surface area contributed by atoms with E-state index in [2.05, 4.69) is 35.0 Å². The van der Waals surface area contributed by atoms with E-state index in [0.29, 0.717) is 17.8 Å². The highest BCUT2D eigenvalue weighted by atomic mass is 32.2. The first-order valence-electron chi connectivity index (χ1n) is 8.09. The molecule has 2 heterocycles. The molecule has 3 aromatic rings. The lowest BCUT2D eigenvalue weighted by atomic mass is 10.3. The average molecular weight is 354 g/mol. The van der Waals surface area contributed by atoms with Crippen LogP contribution in [0.4, 0.5) is 17.6 Å². The minimum atomic E-state index is -0.0247. The van der Waals surface area contributed by atoms with Gasteiger partial charge in [-0.25, -0.2) is 0 Å². The molecule has 0 bridgehead atoms. The zero-order valence-corrected chi connectivity index (χ0v) is 14.5. The van der Waals surface area contributed by atoms with Gasteiger partial charge in [-0.3, -0.25) is 0 Å². The quantitative estimate of drug-likeness (QED) is 0.651. The smallest absolute Gasteiger partial charge is 0.232 e. The third-order valence-electron chi connectivity index (χ3n) is 3.83. The molecule has 2 aromatic heterocycles. The second kappa shape index (κ2) is 6.67. The second-order valence-corrected chi connectivity index (χ2v) is 7.19. The van der Waals surface area contributed by atoms with E-state index in [1.807, 2.05) is 37.3 Å². The molecule has 1 aliphatic rings. The van der Waals surface area contributed by atoms with E-state index in [-0.39, 0.29) is 11.2 Å². The van der Waals surface area contributed by atoms with Gasteiger partial charge in [0, 0.05) is 11.7 Å². The molecule has 3 N–H and O–H groups in total. The van der Waals surface area contributed by atoms with Crippen molar-refractivity contribution in [2.24, 2.45) is 0 Å². The maximum atomic E-state index is 5.87. The number of hydrogen-bond donors (Lipinski definition) is 2. The largest absolute Gasteiger partial charge is 0.368 e. The summed E-state index contributed by atoms with van der Waals surface area (Å²) < 4.78 is 2.12. The van der Waals surface area contributed by atoms with Crippen LogP contribution >= 0.6 is 11.8 Å². The summed E-state index contributed by atoms with van der Waals surface area (Å²) >= 11 is 1.58. The standard InChI is InChI=1S/C16H18N8S/c1-10(25-16-23-18-9-24(16)12-7-8-12)13-20-14(17)22-15(21-13)19-11-5-3-2-4-6-11/h2-6,9-10,12H,7-8H2,1H3,(H3,17,19,20,21,22). The lowest BCUT2D eigenvalue weighted by Crippen LogP contribution is -2.08. The van der Waals surface area contributed by atoms with Crippen LogP contribution in [0.15, 0.2) is 41.8 Å². The molecule has 1 atom stereocenters. The van der Waals surface area contributed by atoms with Crippen molar-refractivity contribution in [2.75, 3.05) is 11.1 Å². The number of para-hydroxylation sites is 1. The average Bonchev–Trinajstić information content (AvgIpc) is 3.35. The summed E-state index contributed by atoms with van der Waals surface area (Å²) in [5.41, 5.74) is 6.76. The Hall–Kier alpha value is -2.68. The van der Waals surface area contributed by atoms with Gasteiger partial charge in [0.25, 0.3) is 0 Å². The van der Waals surface area contributed by atoms with Gasteiger partial charge in [0.15, 0.2) is 5.16 Å². The minimum absolute atomic E-state index is 0.0247. The fourth-order valence-corrected chi connectivity index (χ4v) is 3.37. The molecule has 1 unspecified atom stereocenters. The van der Waals surface area contributed by atoms with Crippen molar-refractivity contribution < 1.29 is 0 Å². The molecule has 8 nitrogen and oxygen atoms in total. The van der Waals surface area contributed by atoms with Crippen LogP contribution in [0, 0.1) is 0 Å². The normalized spacial score (nSPS) is 15.1. The summed E-state index contributed by atoms with van der Waals surface area (Å²) in [7, 11) is 0. The van der Waals surface area contributed by atoms with Gasteiger partial charge in [0.05, 0.1) is 5.25 Å². The molecule has 128 valence electrons. The number of nitrogens with two attached hydrogens (primary N) is 1. The molecule has 4 rings (SSSR count). The fraction of sp³-hybridized carbons (Fsp3) is 0.312. The zero-order chi connectivity index (χ0) is 17.2. The lowest BCUT2D eigenvalue weighted by Gasteiger charge is -2.12. The predicted molar refractivity (Wildman–Crippen MR) is 96.5 cm³/mol. The highest BCUT2D eigenvalue weighted by Gasteiger charge is 2.27. The number of nitrogens with one attached hydrogen (secondary N) is 1. The molecule has 1 saturated carbocycles. The first-order chi connectivity index (χ1) is 12.2. The molecular weight excluding hydrogens is 336 g/mol. The number of aromatic nitrogens is 6. The fourth-order valence-electron chi connectivity index (χ4n) is 2.43. The molecule has 1 aromatic carbocycles. The van der Waals surface area contributed by atoms with E-state index < -0.39 is 0 Å². The molecule has 0 saturated heterocycles. The number of rotatable bonds is 6. The van der Waals surface area contributed by atoms with Crippen molar-refractivity contribution in [1.29, 1.82) is 0 Å². The minimum Gasteiger partial charge on any atom is -0.368 e. The second-order valence-electron chi connectivity index (χ2n) is 5.88. The van der Waals surface area contributed by atoms with E-state index in [1.54, 1.807) is 18.1 Å². The van der Waals surface area contributed by atoms with Crippen LogP contribution < -0.4 is 11.1 Å². The molecular formula is C16H18N8S. The number of hydrogen-bond acceptors (Lipinski definition) is 8. The van der Waals surface area contributed by atoms with Gasteiger partial charge >= 0.3 is 0 Å². The van der Waals surface area contributed by atoms with Gasteiger partial charge in [-0.05, 0) is 31.9 Å². The highest BCUT2D eigenvalue weighted by Crippen LogP contribution is 2.40. The van der Waals surface area contributed by atoms with Crippen molar-refractivity contribution in [1.82, 2.24) is 29.7 Å². The number of nitrogen functional groups attached to an aromatic ring is 1. The summed E-state index contributed by atoms with van der Waals surface area (Å²) in [5, 5.41) is 12.2. The summed E-state index contributed by atoms with van der Waals surface area (Å²) in [5.74, 6) is 1.24. The summed E-state index contributed by atoms with van der Waals surface area (Å²) in [6, 6.07) is 10.2. The lowest BCUT2D eigenvalue weighted by molar-refractivity contribution is 0.661. The maximum absolute atomic E-state index is 5.87. The Labute approximate surface area is 149 Å². The number of benzene rings is 1. The van der Waals surface area contributed by atoms with Crippen LogP contribution in [0.2, 0.25) is 0 Å². The SMILES string of the molecule is CC(Sc1nncn1C1CC1)c1nc(N)nc(Nc2ccccc2)n1. The van der Waals surface area contributed by atoms with E-state index in [4.69, 9.17) is 5.73 Å². The third-order valence-corrected chi connectivity index (χ3v) is 4.89. The van der Waals surface area contributed by atoms with Crippen molar-refractivity contribution in [3.05, 3.63) is 42.5 Å². The van der Waals surface area contributed by atoms with Crippen LogP contribution in [0.3, 0.4) is 0 Å². The summed E-state index contributed by atoms with van der Waals surface area (Å²) in [6.07, 6.45) is 4.16. The van der Waals surface area contributed by atoms with Gasteiger partial charge in [-0.2, -0.15) is 15.0 Å². The highest BCUT2D eigenvalue weighted by molar-refractivity contribution is 7.99.